The lowest BCUT2D eigenvalue weighted by Crippen LogP contribution is -2.09. The normalized spacial score (nSPS) is 10.8. The number of Topliss-reactive ketones (excluding diaryl/α,β-unsaturated/α-hetero) is 1. The van der Waals surface area contributed by atoms with Gasteiger partial charge < -0.3 is 9.47 Å². The smallest absolute Gasteiger partial charge is 0.229 e. The summed E-state index contributed by atoms with van der Waals surface area (Å²) in [7, 11) is 0. The van der Waals surface area contributed by atoms with Crippen LogP contribution in [0, 0.1) is 24.0 Å². The predicted octanol–water partition coefficient (Wildman–Crippen LogP) is 7.93. The second kappa shape index (κ2) is 11.7. The van der Waals surface area contributed by atoms with Crippen molar-refractivity contribution >= 4 is 22.4 Å². The molecule has 1 heterocycles. The molecule has 40 heavy (non-hydrogen) atoms. The van der Waals surface area contributed by atoms with E-state index in [9.17, 15) is 18.0 Å². The molecule has 0 amide bonds. The van der Waals surface area contributed by atoms with Gasteiger partial charge in [-0.3, -0.25) is 9.78 Å². The number of nitrogens with zero attached hydrogens (tertiary/aromatic N) is 2. The Balaban J connectivity index is 1.32. The summed E-state index contributed by atoms with van der Waals surface area (Å²) in [5.74, 6) is -1.72. The molecule has 0 aliphatic carbocycles. The average Bonchev–Trinajstić information content (AvgIpc) is 2.95. The van der Waals surface area contributed by atoms with E-state index in [4.69, 9.17) is 16.0 Å². The van der Waals surface area contributed by atoms with Crippen molar-refractivity contribution < 1.29 is 27.4 Å². The Morgan fingerprint density at radius 1 is 0.825 bits per heavy atom. The number of ketones is 1. The fraction of sp³-hybridized carbons (Fsp3) is 0.0938. The topological polar surface area (TPSA) is 52.8 Å². The molecule has 0 unspecified atom stereocenters. The number of hydrogen-bond donors (Lipinski definition) is 0. The van der Waals surface area contributed by atoms with Crippen molar-refractivity contribution in [3.8, 4) is 17.2 Å². The number of pyridine rings is 1. The van der Waals surface area contributed by atoms with E-state index in [1.807, 2.05) is 30.3 Å². The van der Waals surface area contributed by atoms with Crippen LogP contribution in [0.1, 0.15) is 16.7 Å². The lowest BCUT2D eigenvalue weighted by molar-refractivity contribution is -0.117. The Hall–Kier alpha value is -5.16. The number of aromatic nitrogens is 1. The summed E-state index contributed by atoms with van der Waals surface area (Å²) >= 11 is 0. The Kier molecular flexibility index (Phi) is 7.74. The van der Waals surface area contributed by atoms with Crippen molar-refractivity contribution in [2.45, 2.75) is 19.4 Å². The molecule has 5 aromatic rings. The minimum Gasteiger partial charge on any atom is -0.500 e. The summed E-state index contributed by atoms with van der Waals surface area (Å²) in [5.41, 5.74) is 1.93. The Labute approximate surface area is 228 Å². The molecule has 1 aromatic heterocycles. The van der Waals surface area contributed by atoms with E-state index < -0.39 is 23.2 Å². The van der Waals surface area contributed by atoms with Gasteiger partial charge in [0.1, 0.15) is 47.1 Å². The fourth-order valence-corrected chi connectivity index (χ4v) is 4.18. The molecular weight excluding hydrogens is 517 g/mol. The van der Waals surface area contributed by atoms with Crippen LogP contribution in [0.15, 0.2) is 91.1 Å². The van der Waals surface area contributed by atoms with Crippen molar-refractivity contribution in [2.24, 2.45) is 0 Å². The maximum Gasteiger partial charge on any atom is 0.229 e. The Morgan fingerprint density at radius 3 is 2.25 bits per heavy atom. The molecule has 0 saturated heterocycles. The van der Waals surface area contributed by atoms with E-state index in [1.165, 1.54) is 24.4 Å². The molecule has 0 saturated carbocycles. The van der Waals surface area contributed by atoms with Gasteiger partial charge >= 0.3 is 0 Å². The van der Waals surface area contributed by atoms with Crippen LogP contribution in [0.25, 0.3) is 15.7 Å². The molecular formula is C32H21F3N2O3. The van der Waals surface area contributed by atoms with Crippen LogP contribution in [-0.2, 0) is 24.2 Å². The van der Waals surface area contributed by atoms with E-state index in [0.29, 0.717) is 28.5 Å². The second-order valence-corrected chi connectivity index (χ2v) is 9.02. The molecule has 0 N–H and O–H groups in total. The summed E-state index contributed by atoms with van der Waals surface area (Å²) in [6.07, 6.45) is 0.989. The Morgan fingerprint density at radius 2 is 1.55 bits per heavy atom. The first-order chi connectivity index (χ1) is 19.4. The van der Waals surface area contributed by atoms with Crippen molar-refractivity contribution in [1.82, 2.24) is 4.98 Å². The third-order valence-electron chi connectivity index (χ3n) is 6.18. The lowest BCUT2D eigenvalue weighted by Gasteiger charge is -2.13. The van der Waals surface area contributed by atoms with Gasteiger partial charge in [-0.25, -0.2) is 18.0 Å². The number of fused-ring (bicyclic) bond motifs is 1. The average molecular weight is 539 g/mol. The summed E-state index contributed by atoms with van der Waals surface area (Å²) < 4.78 is 53.7. The summed E-state index contributed by atoms with van der Waals surface area (Å²) in [5, 5.41) is 0.543. The molecule has 8 heteroatoms. The largest absolute Gasteiger partial charge is 0.500 e. The van der Waals surface area contributed by atoms with Crippen LogP contribution in [-0.4, -0.2) is 10.8 Å². The van der Waals surface area contributed by atoms with Crippen LogP contribution in [0.5, 0.6) is 17.2 Å². The highest BCUT2D eigenvalue weighted by molar-refractivity contribution is 5.91. The highest BCUT2D eigenvalue weighted by Crippen LogP contribution is 2.38. The van der Waals surface area contributed by atoms with Gasteiger partial charge in [0.2, 0.25) is 5.69 Å². The first-order valence-electron chi connectivity index (χ1n) is 12.3. The highest BCUT2D eigenvalue weighted by Gasteiger charge is 2.15. The van der Waals surface area contributed by atoms with Crippen LogP contribution < -0.4 is 9.47 Å². The van der Waals surface area contributed by atoms with Crippen LogP contribution in [0.3, 0.4) is 0 Å². The van der Waals surface area contributed by atoms with Crippen molar-refractivity contribution in [3.05, 3.63) is 137 Å². The number of halogens is 3. The van der Waals surface area contributed by atoms with Gasteiger partial charge in [0, 0.05) is 36.6 Å². The number of rotatable bonds is 9. The lowest BCUT2D eigenvalue weighted by atomic mass is 10.0. The van der Waals surface area contributed by atoms with E-state index in [0.717, 1.165) is 17.7 Å². The van der Waals surface area contributed by atoms with E-state index in [1.54, 1.807) is 18.2 Å². The fourth-order valence-electron chi connectivity index (χ4n) is 4.18. The third-order valence-corrected chi connectivity index (χ3v) is 6.18. The monoisotopic (exact) mass is 538 g/mol. The van der Waals surface area contributed by atoms with Gasteiger partial charge in [-0.2, -0.15) is 0 Å². The standard InChI is InChI=1S/C32H21F3N2O3/c1-36-30-17-26-29(18-32(30)39-19-20-5-3-2-4-6-20)37-12-11-31(26)40-25-10-8-22(28(35)16-25)14-24(38)13-21-7-9-23(33)15-27(21)34/h2-12,15-18H,13-14,19H2. The quantitative estimate of drug-likeness (QED) is 0.179. The minimum atomic E-state index is -0.821. The zero-order chi connectivity index (χ0) is 28.1. The Bertz CT molecular complexity index is 1750. The number of carbonyl (C=O) groups is 1. The molecule has 0 aliphatic heterocycles. The van der Waals surface area contributed by atoms with Crippen molar-refractivity contribution in [1.29, 1.82) is 0 Å². The van der Waals surface area contributed by atoms with Gasteiger partial charge in [0.15, 0.2) is 0 Å². The minimum absolute atomic E-state index is 0.0451. The summed E-state index contributed by atoms with van der Waals surface area (Å²) in [6, 6.07) is 21.5. The van der Waals surface area contributed by atoms with Gasteiger partial charge in [-0.15, -0.1) is 0 Å². The number of benzene rings is 4. The van der Waals surface area contributed by atoms with Crippen LogP contribution in [0.2, 0.25) is 0 Å². The van der Waals surface area contributed by atoms with E-state index in [2.05, 4.69) is 9.83 Å². The molecule has 5 nitrogen and oxygen atoms in total. The SMILES string of the molecule is [C-]#[N+]c1cc2c(Oc3ccc(CC(=O)Cc4ccc(F)cc4F)c(F)c3)ccnc2cc1OCc1ccccc1. The molecule has 0 bridgehead atoms. The molecule has 5 rings (SSSR count). The van der Waals surface area contributed by atoms with Gasteiger partial charge in [0.05, 0.1) is 12.1 Å². The van der Waals surface area contributed by atoms with E-state index in [-0.39, 0.29) is 42.0 Å². The molecule has 0 fully saturated rings. The first kappa shape index (κ1) is 26.4. The zero-order valence-electron chi connectivity index (χ0n) is 21.0. The van der Waals surface area contributed by atoms with Crippen LogP contribution in [0.4, 0.5) is 18.9 Å². The first-order valence-corrected chi connectivity index (χ1v) is 12.3. The van der Waals surface area contributed by atoms with Crippen molar-refractivity contribution in [3.63, 3.8) is 0 Å². The number of ether oxygens (including phenoxy) is 2. The van der Waals surface area contributed by atoms with Crippen LogP contribution >= 0.6 is 0 Å². The number of hydrogen-bond acceptors (Lipinski definition) is 4. The maximum absolute atomic E-state index is 14.9. The van der Waals surface area contributed by atoms with Gasteiger partial charge in [-0.1, -0.05) is 42.5 Å². The zero-order valence-corrected chi connectivity index (χ0v) is 21.0. The second-order valence-electron chi connectivity index (χ2n) is 9.02. The molecule has 0 spiro atoms. The predicted molar refractivity (Wildman–Crippen MR) is 144 cm³/mol. The third kappa shape index (κ3) is 6.11. The van der Waals surface area contributed by atoms with E-state index >= 15 is 0 Å². The highest BCUT2D eigenvalue weighted by atomic mass is 19.1. The molecule has 0 atom stereocenters. The van der Waals surface area contributed by atoms with Crippen molar-refractivity contribution in [2.75, 3.05) is 0 Å². The van der Waals surface area contributed by atoms with Gasteiger partial charge in [-0.05, 0) is 47.0 Å². The molecule has 0 radical (unpaired) electrons. The summed E-state index contributed by atoms with van der Waals surface area (Å²) in [4.78, 5) is 20.4. The molecule has 0 aliphatic rings. The van der Waals surface area contributed by atoms with Gasteiger partial charge in [0.25, 0.3) is 0 Å². The summed E-state index contributed by atoms with van der Waals surface area (Å²) in [6.45, 7) is 7.89. The molecule has 198 valence electrons. The number of carbonyl (C=O) groups excluding carboxylic acids is 1. The maximum atomic E-state index is 14.9. The molecule has 4 aromatic carbocycles.